The average Bonchev–Trinajstić information content (AvgIpc) is 2.78. The SMILES string of the molecule is NC1CCCC1C(O)C1(c2ccc(Cl)c(Cl)c2)CCC1. The van der Waals surface area contributed by atoms with E-state index in [9.17, 15) is 5.11 Å². The zero-order chi connectivity index (χ0) is 14.3. The second kappa shape index (κ2) is 5.49. The van der Waals surface area contributed by atoms with E-state index >= 15 is 0 Å². The maximum Gasteiger partial charge on any atom is 0.0679 e. The third-order valence-electron chi connectivity index (χ3n) is 5.34. The van der Waals surface area contributed by atoms with E-state index in [0.717, 1.165) is 44.1 Å². The number of benzene rings is 1. The van der Waals surface area contributed by atoms with Gasteiger partial charge in [0.15, 0.2) is 0 Å². The van der Waals surface area contributed by atoms with Gasteiger partial charge in [-0.05, 0) is 43.4 Å². The largest absolute Gasteiger partial charge is 0.392 e. The van der Waals surface area contributed by atoms with E-state index in [2.05, 4.69) is 0 Å². The Labute approximate surface area is 130 Å². The highest BCUT2D eigenvalue weighted by Gasteiger charge is 2.49. The molecular weight excluding hydrogens is 293 g/mol. The van der Waals surface area contributed by atoms with Crippen LogP contribution >= 0.6 is 23.2 Å². The lowest BCUT2D eigenvalue weighted by Gasteiger charge is -2.49. The van der Waals surface area contributed by atoms with Crippen molar-refractivity contribution in [2.24, 2.45) is 11.7 Å². The Morgan fingerprint density at radius 1 is 1.15 bits per heavy atom. The molecule has 2 aliphatic rings. The van der Waals surface area contributed by atoms with Crippen LogP contribution in [0.5, 0.6) is 0 Å². The lowest BCUT2D eigenvalue weighted by Crippen LogP contribution is -2.52. The smallest absolute Gasteiger partial charge is 0.0679 e. The van der Waals surface area contributed by atoms with Crippen LogP contribution in [0.25, 0.3) is 0 Å². The van der Waals surface area contributed by atoms with Crippen molar-refractivity contribution in [1.29, 1.82) is 0 Å². The van der Waals surface area contributed by atoms with Crippen LogP contribution in [-0.4, -0.2) is 17.3 Å². The molecule has 0 spiro atoms. The molecule has 0 bridgehead atoms. The molecule has 2 aliphatic carbocycles. The summed E-state index contributed by atoms with van der Waals surface area (Å²) in [7, 11) is 0. The first-order valence-corrected chi connectivity index (χ1v) is 8.19. The van der Waals surface area contributed by atoms with Gasteiger partial charge in [0.05, 0.1) is 16.1 Å². The van der Waals surface area contributed by atoms with Crippen LogP contribution in [0.4, 0.5) is 0 Å². The molecule has 3 atom stereocenters. The predicted octanol–water partition coefficient (Wildman–Crippen LogP) is 3.90. The molecule has 0 radical (unpaired) electrons. The monoisotopic (exact) mass is 313 g/mol. The van der Waals surface area contributed by atoms with Crippen molar-refractivity contribution in [2.45, 2.75) is 56.1 Å². The minimum absolute atomic E-state index is 0.130. The van der Waals surface area contributed by atoms with E-state index < -0.39 is 0 Å². The second-order valence-corrected chi connectivity index (χ2v) is 7.16. The average molecular weight is 314 g/mol. The molecule has 0 aliphatic heterocycles. The van der Waals surface area contributed by atoms with Crippen molar-refractivity contribution in [3.05, 3.63) is 33.8 Å². The van der Waals surface area contributed by atoms with Gasteiger partial charge in [-0.15, -0.1) is 0 Å². The minimum atomic E-state index is -0.369. The number of aliphatic hydroxyl groups excluding tert-OH is 1. The first-order valence-electron chi connectivity index (χ1n) is 7.44. The van der Waals surface area contributed by atoms with Gasteiger partial charge in [0.25, 0.3) is 0 Å². The third kappa shape index (κ3) is 2.27. The van der Waals surface area contributed by atoms with Crippen LogP contribution in [0.1, 0.15) is 44.1 Å². The Morgan fingerprint density at radius 3 is 2.40 bits per heavy atom. The van der Waals surface area contributed by atoms with Gasteiger partial charge in [-0.3, -0.25) is 0 Å². The van der Waals surface area contributed by atoms with Gasteiger partial charge in [-0.1, -0.05) is 42.1 Å². The van der Waals surface area contributed by atoms with Gasteiger partial charge in [0.2, 0.25) is 0 Å². The highest BCUT2D eigenvalue weighted by molar-refractivity contribution is 6.42. The first kappa shape index (κ1) is 14.6. The summed E-state index contributed by atoms with van der Waals surface area (Å²) in [5.41, 5.74) is 7.13. The van der Waals surface area contributed by atoms with Crippen molar-refractivity contribution in [3.8, 4) is 0 Å². The van der Waals surface area contributed by atoms with Gasteiger partial charge < -0.3 is 10.8 Å². The van der Waals surface area contributed by atoms with Crippen molar-refractivity contribution in [2.75, 3.05) is 0 Å². The van der Waals surface area contributed by atoms with Crippen molar-refractivity contribution >= 4 is 23.2 Å². The normalized spacial score (nSPS) is 30.0. The highest BCUT2D eigenvalue weighted by atomic mass is 35.5. The molecular formula is C16H21Cl2NO. The van der Waals surface area contributed by atoms with Gasteiger partial charge in [-0.2, -0.15) is 0 Å². The van der Waals surface area contributed by atoms with E-state index in [1.807, 2.05) is 18.2 Å². The summed E-state index contributed by atoms with van der Waals surface area (Å²) in [6, 6.07) is 5.90. The quantitative estimate of drug-likeness (QED) is 0.889. The summed E-state index contributed by atoms with van der Waals surface area (Å²) < 4.78 is 0. The van der Waals surface area contributed by atoms with E-state index in [-0.39, 0.29) is 23.5 Å². The van der Waals surface area contributed by atoms with Crippen molar-refractivity contribution in [3.63, 3.8) is 0 Å². The summed E-state index contributed by atoms with van der Waals surface area (Å²) in [5, 5.41) is 12.1. The molecule has 1 aromatic rings. The van der Waals surface area contributed by atoms with E-state index in [0.29, 0.717) is 10.0 Å². The van der Waals surface area contributed by atoms with Crippen LogP contribution in [-0.2, 0) is 5.41 Å². The van der Waals surface area contributed by atoms with Crippen LogP contribution in [0.3, 0.4) is 0 Å². The van der Waals surface area contributed by atoms with Crippen LogP contribution < -0.4 is 5.73 Å². The number of aliphatic hydroxyl groups is 1. The zero-order valence-corrected chi connectivity index (χ0v) is 13.0. The van der Waals surface area contributed by atoms with Crippen LogP contribution in [0, 0.1) is 5.92 Å². The molecule has 0 saturated heterocycles. The molecule has 3 rings (SSSR count). The molecule has 0 aromatic heterocycles. The highest BCUT2D eigenvalue weighted by Crippen LogP contribution is 2.51. The number of rotatable bonds is 3. The van der Waals surface area contributed by atoms with E-state index in [1.54, 1.807) is 0 Å². The summed E-state index contributed by atoms with van der Waals surface area (Å²) >= 11 is 12.2. The first-order chi connectivity index (χ1) is 9.54. The lowest BCUT2D eigenvalue weighted by molar-refractivity contribution is -0.0165. The maximum atomic E-state index is 10.9. The van der Waals surface area contributed by atoms with Gasteiger partial charge in [-0.25, -0.2) is 0 Å². The molecule has 20 heavy (non-hydrogen) atoms. The Kier molecular flexibility index (Phi) is 4.02. The second-order valence-electron chi connectivity index (χ2n) is 6.34. The van der Waals surface area contributed by atoms with Gasteiger partial charge in [0, 0.05) is 17.4 Å². The summed E-state index contributed by atoms with van der Waals surface area (Å²) in [6.07, 6.45) is 5.99. The molecule has 2 fully saturated rings. The number of hydrogen-bond donors (Lipinski definition) is 2. The summed E-state index contributed by atoms with van der Waals surface area (Å²) in [6.45, 7) is 0. The number of halogens is 2. The standard InChI is InChI=1S/C16H21Cl2NO/c17-12-6-5-10(9-13(12)18)16(7-2-8-16)15(20)11-3-1-4-14(11)19/h5-6,9,11,14-15,20H,1-4,7-8,19H2. The van der Waals surface area contributed by atoms with Crippen LogP contribution in [0.2, 0.25) is 10.0 Å². The fraction of sp³-hybridized carbons (Fsp3) is 0.625. The summed E-state index contributed by atoms with van der Waals surface area (Å²) in [5.74, 6) is 0.213. The molecule has 4 heteroatoms. The molecule has 2 saturated carbocycles. The van der Waals surface area contributed by atoms with Crippen LogP contribution in [0.15, 0.2) is 18.2 Å². The molecule has 0 heterocycles. The zero-order valence-electron chi connectivity index (χ0n) is 11.5. The number of nitrogens with two attached hydrogens (primary N) is 1. The Hall–Kier alpha value is -0.280. The van der Waals surface area contributed by atoms with Crippen molar-refractivity contribution < 1.29 is 5.11 Å². The topological polar surface area (TPSA) is 46.2 Å². The van der Waals surface area contributed by atoms with Gasteiger partial charge in [0.1, 0.15) is 0 Å². The molecule has 0 amide bonds. The lowest BCUT2D eigenvalue weighted by atomic mass is 9.58. The Balaban J connectivity index is 1.92. The third-order valence-corrected chi connectivity index (χ3v) is 6.08. The number of hydrogen-bond acceptors (Lipinski definition) is 2. The predicted molar refractivity (Wildman–Crippen MR) is 83.3 cm³/mol. The molecule has 110 valence electrons. The fourth-order valence-electron chi connectivity index (χ4n) is 3.94. The maximum absolute atomic E-state index is 10.9. The minimum Gasteiger partial charge on any atom is -0.392 e. The van der Waals surface area contributed by atoms with Crippen molar-refractivity contribution in [1.82, 2.24) is 0 Å². The summed E-state index contributed by atoms with van der Waals surface area (Å²) in [4.78, 5) is 0. The Bertz CT molecular complexity index is 501. The molecule has 3 N–H and O–H groups in total. The fourth-order valence-corrected chi connectivity index (χ4v) is 4.24. The van der Waals surface area contributed by atoms with Gasteiger partial charge >= 0.3 is 0 Å². The van der Waals surface area contributed by atoms with E-state index in [4.69, 9.17) is 28.9 Å². The molecule has 3 unspecified atom stereocenters. The Morgan fingerprint density at radius 2 is 1.90 bits per heavy atom. The molecule has 2 nitrogen and oxygen atoms in total. The van der Waals surface area contributed by atoms with E-state index in [1.165, 1.54) is 0 Å². The molecule has 1 aromatic carbocycles.